The lowest BCUT2D eigenvalue weighted by Crippen LogP contribution is -2.41. The van der Waals surface area contributed by atoms with Gasteiger partial charge >= 0.3 is 0 Å². The second kappa shape index (κ2) is 7.78. The van der Waals surface area contributed by atoms with Gasteiger partial charge in [-0.15, -0.1) is 0 Å². The number of hydrogen-bond acceptors (Lipinski definition) is 4. The molecule has 29 heavy (non-hydrogen) atoms. The first-order valence-corrected chi connectivity index (χ1v) is 10.1. The third-order valence-corrected chi connectivity index (χ3v) is 5.86. The van der Waals surface area contributed by atoms with Gasteiger partial charge in [0.15, 0.2) is 5.78 Å². The van der Waals surface area contributed by atoms with E-state index in [-0.39, 0.29) is 24.2 Å². The van der Waals surface area contributed by atoms with E-state index in [9.17, 15) is 9.59 Å². The van der Waals surface area contributed by atoms with E-state index < -0.39 is 0 Å². The van der Waals surface area contributed by atoms with Crippen LogP contribution in [0.15, 0.2) is 36.5 Å². The summed E-state index contributed by atoms with van der Waals surface area (Å²) in [6.07, 6.45) is 3.91. The Morgan fingerprint density at radius 3 is 2.66 bits per heavy atom. The minimum Gasteiger partial charge on any atom is -0.340 e. The van der Waals surface area contributed by atoms with Crippen LogP contribution in [0.1, 0.15) is 53.1 Å². The first kappa shape index (κ1) is 19.3. The van der Waals surface area contributed by atoms with E-state index in [0.29, 0.717) is 17.8 Å². The summed E-state index contributed by atoms with van der Waals surface area (Å²) in [6, 6.07) is 10.4. The molecule has 6 nitrogen and oxygen atoms in total. The summed E-state index contributed by atoms with van der Waals surface area (Å²) in [6.45, 7) is 6.78. The molecule has 150 valence electrons. The summed E-state index contributed by atoms with van der Waals surface area (Å²) in [5, 5.41) is 6.72. The van der Waals surface area contributed by atoms with Crippen LogP contribution in [-0.4, -0.2) is 44.4 Å². The van der Waals surface area contributed by atoms with E-state index in [4.69, 9.17) is 0 Å². The molecule has 1 fully saturated rings. The standard InChI is InChI=1S/C23H26N4O2/c1-15-23(17(3)28)16(2)27(25-15)14-22(29)26-10-6-9-20(13-26)21-11-18-7-4-5-8-19(18)12-24-21/h4-5,7-8,11-12,20H,6,9-10,13-14H2,1-3H3. The van der Waals surface area contributed by atoms with Gasteiger partial charge in [0, 0.05) is 42.0 Å². The van der Waals surface area contributed by atoms with Crippen LogP contribution in [0.3, 0.4) is 0 Å². The number of hydrogen-bond donors (Lipinski definition) is 0. The molecule has 0 spiro atoms. The van der Waals surface area contributed by atoms with E-state index in [1.165, 1.54) is 12.3 Å². The highest BCUT2D eigenvalue weighted by Crippen LogP contribution is 2.28. The maximum absolute atomic E-state index is 13.0. The predicted octanol–water partition coefficient (Wildman–Crippen LogP) is 3.66. The quantitative estimate of drug-likeness (QED) is 0.638. The number of ketones is 1. The van der Waals surface area contributed by atoms with Gasteiger partial charge in [0.2, 0.25) is 5.91 Å². The Balaban J connectivity index is 1.50. The fourth-order valence-electron chi connectivity index (χ4n) is 4.36. The van der Waals surface area contributed by atoms with Crippen LogP contribution in [-0.2, 0) is 11.3 Å². The first-order valence-electron chi connectivity index (χ1n) is 10.1. The number of nitrogens with zero attached hydrogens (tertiary/aromatic N) is 4. The van der Waals surface area contributed by atoms with Crippen molar-refractivity contribution >= 4 is 22.5 Å². The summed E-state index contributed by atoms with van der Waals surface area (Å²) in [5.74, 6) is 0.265. The van der Waals surface area contributed by atoms with E-state index >= 15 is 0 Å². The zero-order valence-corrected chi connectivity index (χ0v) is 17.2. The Labute approximate surface area is 170 Å². The number of Topliss-reactive ketones (excluding diaryl/α,β-unsaturated/α-hetero) is 1. The third kappa shape index (κ3) is 3.79. The molecule has 2 aromatic heterocycles. The minimum atomic E-state index is -0.0147. The predicted molar refractivity (Wildman–Crippen MR) is 112 cm³/mol. The van der Waals surface area contributed by atoms with Gasteiger partial charge in [-0.2, -0.15) is 5.10 Å². The highest BCUT2D eigenvalue weighted by atomic mass is 16.2. The largest absolute Gasteiger partial charge is 0.340 e. The number of aromatic nitrogens is 3. The van der Waals surface area contributed by atoms with Gasteiger partial charge in [0.25, 0.3) is 0 Å². The number of pyridine rings is 1. The molecule has 1 aliphatic heterocycles. The highest BCUT2D eigenvalue weighted by molar-refractivity contribution is 5.96. The molecule has 4 rings (SSSR count). The lowest BCUT2D eigenvalue weighted by molar-refractivity contribution is -0.133. The summed E-state index contributed by atoms with van der Waals surface area (Å²) in [4.78, 5) is 31.4. The van der Waals surface area contributed by atoms with Crippen molar-refractivity contribution in [1.82, 2.24) is 19.7 Å². The van der Waals surface area contributed by atoms with Crippen LogP contribution < -0.4 is 0 Å². The van der Waals surface area contributed by atoms with Crippen molar-refractivity contribution in [1.29, 1.82) is 0 Å². The summed E-state index contributed by atoms with van der Waals surface area (Å²) < 4.78 is 1.66. The van der Waals surface area contributed by atoms with Crippen LogP contribution >= 0.6 is 0 Å². The van der Waals surface area contributed by atoms with E-state index in [1.54, 1.807) is 4.68 Å². The van der Waals surface area contributed by atoms with Gasteiger partial charge < -0.3 is 4.90 Å². The average Bonchev–Trinajstić information content (AvgIpc) is 3.00. The Hall–Kier alpha value is -3.02. The Morgan fingerprint density at radius 2 is 1.93 bits per heavy atom. The first-order chi connectivity index (χ1) is 13.9. The van der Waals surface area contributed by atoms with E-state index in [0.717, 1.165) is 36.2 Å². The van der Waals surface area contributed by atoms with Crippen molar-refractivity contribution in [2.45, 2.75) is 46.1 Å². The van der Waals surface area contributed by atoms with Crippen LogP contribution in [0.5, 0.6) is 0 Å². The molecular weight excluding hydrogens is 364 g/mol. The van der Waals surface area contributed by atoms with Gasteiger partial charge in [-0.25, -0.2) is 0 Å². The second-order valence-electron chi connectivity index (χ2n) is 7.89. The maximum Gasteiger partial charge on any atom is 0.244 e. The molecule has 0 saturated carbocycles. The zero-order valence-electron chi connectivity index (χ0n) is 17.2. The molecule has 0 N–H and O–H groups in total. The number of carbonyl (C=O) groups excluding carboxylic acids is 2. The second-order valence-corrected chi connectivity index (χ2v) is 7.89. The Bertz CT molecular complexity index is 1090. The zero-order chi connectivity index (χ0) is 20.5. The molecule has 1 unspecified atom stereocenters. The lowest BCUT2D eigenvalue weighted by atomic mass is 9.93. The fraction of sp³-hybridized carbons (Fsp3) is 0.391. The molecule has 1 aromatic carbocycles. The van der Waals surface area contributed by atoms with Crippen molar-refractivity contribution in [2.24, 2.45) is 0 Å². The lowest BCUT2D eigenvalue weighted by Gasteiger charge is -2.32. The monoisotopic (exact) mass is 390 g/mol. The topological polar surface area (TPSA) is 68.1 Å². The molecule has 1 amide bonds. The molecule has 3 heterocycles. The minimum absolute atomic E-state index is 0.0147. The molecule has 0 aliphatic carbocycles. The number of fused-ring (bicyclic) bond motifs is 1. The normalized spacial score (nSPS) is 16.9. The van der Waals surface area contributed by atoms with Crippen molar-refractivity contribution in [2.75, 3.05) is 13.1 Å². The van der Waals surface area contributed by atoms with Crippen molar-refractivity contribution in [3.63, 3.8) is 0 Å². The number of carbonyl (C=O) groups is 2. The van der Waals surface area contributed by atoms with Crippen LogP contribution in [0.2, 0.25) is 0 Å². The summed E-state index contributed by atoms with van der Waals surface area (Å²) in [7, 11) is 0. The number of amides is 1. The number of likely N-dealkylation sites (tertiary alicyclic amines) is 1. The van der Waals surface area contributed by atoms with Crippen molar-refractivity contribution in [3.8, 4) is 0 Å². The van der Waals surface area contributed by atoms with Crippen LogP contribution in [0.25, 0.3) is 10.8 Å². The summed E-state index contributed by atoms with van der Waals surface area (Å²) >= 11 is 0. The van der Waals surface area contributed by atoms with Gasteiger partial charge in [0.1, 0.15) is 6.54 Å². The van der Waals surface area contributed by atoms with Crippen LogP contribution in [0.4, 0.5) is 0 Å². The van der Waals surface area contributed by atoms with E-state index in [1.807, 2.05) is 37.1 Å². The molecule has 0 radical (unpaired) electrons. The number of rotatable bonds is 4. The SMILES string of the molecule is CC(=O)c1c(C)nn(CC(=O)N2CCCC(c3cc4ccccc4cn3)C2)c1C. The maximum atomic E-state index is 13.0. The Kier molecular flexibility index (Phi) is 5.18. The van der Waals surface area contributed by atoms with Gasteiger partial charge in [-0.05, 0) is 45.1 Å². The van der Waals surface area contributed by atoms with Crippen molar-refractivity contribution in [3.05, 3.63) is 59.2 Å². The Morgan fingerprint density at radius 1 is 1.17 bits per heavy atom. The molecule has 3 aromatic rings. The summed E-state index contributed by atoms with van der Waals surface area (Å²) in [5.41, 5.74) is 3.11. The van der Waals surface area contributed by atoms with Gasteiger partial charge in [-0.3, -0.25) is 19.3 Å². The van der Waals surface area contributed by atoms with Gasteiger partial charge in [0.05, 0.1) is 11.3 Å². The molecule has 6 heteroatoms. The molecular formula is C23H26N4O2. The van der Waals surface area contributed by atoms with E-state index in [2.05, 4.69) is 28.3 Å². The highest BCUT2D eigenvalue weighted by Gasteiger charge is 2.27. The smallest absolute Gasteiger partial charge is 0.244 e. The van der Waals surface area contributed by atoms with Crippen molar-refractivity contribution < 1.29 is 9.59 Å². The molecule has 0 bridgehead atoms. The van der Waals surface area contributed by atoms with Crippen LogP contribution in [0, 0.1) is 13.8 Å². The number of aryl methyl sites for hydroxylation is 1. The molecule has 1 saturated heterocycles. The van der Waals surface area contributed by atoms with Gasteiger partial charge in [-0.1, -0.05) is 24.3 Å². The average molecular weight is 390 g/mol. The molecule has 1 aliphatic rings. The molecule has 1 atom stereocenters. The number of benzene rings is 1. The fourth-order valence-corrected chi connectivity index (χ4v) is 4.36. The third-order valence-electron chi connectivity index (χ3n) is 5.86. The number of piperidine rings is 1.